The molecule has 6 aliphatic heterocycles. The predicted octanol–water partition coefficient (Wildman–Crippen LogP) is 7.67. The molecule has 4 unspecified atom stereocenters. The van der Waals surface area contributed by atoms with Crippen LogP contribution in [0, 0.1) is 0 Å². The van der Waals surface area contributed by atoms with Gasteiger partial charge in [0.1, 0.15) is 48.8 Å². The lowest BCUT2D eigenvalue weighted by Crippen LogP contribution is -2.56. The van der Waals surface area contributed by atoms with Crippen molar-refractivity contribution in [2.24, 2.45) is 0 Å². The quantitative estimate of drug-likeness (QED) is 0.0582. The Labute approximate surface area is 424 Å². The zero-order valence-corrected chi connectivity index (χ0v) is 42.5. The lowest BCUT2D eigenvalue weighted by Gasteiger charge is -2.32. The van der Waals surface area contributed by atoms with Gasteiger partial charge >= 0.3 is 63.1 Å². The van der Waals surface area contributed by atoms with E-state index in [1.165, 1.54) is 27.7 Å². The van der Waals surface area contributed by atoms with Crippen molar-refractivity contribution in [1.29, 1.82) is 0 Å². The van der Waals surface area contributed by atoms with Crippen LogP contribution in [0.1, 0.15) is 62.8 Å². The molecule has 0 radical (unpaired) electrons. The molecule has 0 saturated carbocycles. The highest BCUT2D eigenvalue weighted by Gasteiger charge is 2.76. The topological polar surface area (TPSA) is 208 Å². The van der Waals surface area contributed by atoms with Crippen molar-refractivity contribution in [3.05, 3.63) is 0 Å². The monoisotopic (exact) mass is 1370 g/mol. The minimum Gasteiger partial charge on any atom is -0.387 e. The number of rotatable bonds is 14. The second-order valence-corrected chi connectivity index (χ2v) is 22.8. The van der Waals surface area contributed by atoms with Gasteiger partial charge in [0, 0.05) is 45.2 Å². The summed E-state index contributed by atoms with van der Waals surface area (Å²) >= 11 is -0.766. The smallest absolute Gasteiger partial charge is 0.387 e. The number of halogens is 19. The lowest BCUT2D eigenvalue weighted by atomic mass is 10.1. The van der Waals surface area contributed by atoms with E-state index < -0.39 is 164 Å². The molecular formula is C33H43F17I2O18S2. The van der Waals surface area contributed by atoms with Gasteiger partial charge in [-0.05, 0) is 55.4 Å². The van der Waals surface area contributed by atoms with Crippen molar-refractivity contribution in [2.45, 2.75) is 190 Å². The largest absolute Gasteiger partial charge is 0.464 e. The maximum absolute atomic E-state index is 14.3. The van der Waals surface area contributed by atoms with Crippen molar-refractivity contribution in [3.63, 3.8) is 0 Å². The van der Waals surface area contributed by atoms with Crippen LogP contribution in [0.5, 0.6) is 0 Å². The molecule has 18 nitrogen and oxygen atoms in total. The van der Waals surface area contributed by atoms with Crippen LogP contribution in [0.2, 0.25) is 0 Å². The molecule has 0 aromatic heterocycles. The van der Waals surface area contributed by atoms with Gasteiger partial charge in [0.2, 0.25) is 0 Å². The first-order chi connectivity index (χ1) is 31.1. The Morgan fingerprint density at radius 2 is 0.847 bits per heavy atom. The highest BCUT2D eigenvalue weighted by atomic mass is 127. The molecule has 6 saturated heterocycles. The van der Waals surface area contributed by atoms with Crippen LogP contribution in [0.15, 0.2) is 0 Å². The van der Waals surface area contributed by atoms with Crippen LogP contribution < -0.4 is 0 Å². The van der Waals surface area contributed by atoms with Crippen LogP contribution in [-0.2, 0) is 81.4 Å². The summed E-state index contributed by atoms with van der Waals surface area (Å²) in [7, 11) is -14.3. The SMILES string of the molecule is C.CC1(C)OCC([C@H]2O[C@@H]3OC(C)(C)O[C@H]3C2O)O1.CC1(C)OCC([C@H]2O[C@@H]3OC(C)(C)O[C@H]3C2OS(=O)(=O)C(F)(F)C(F)(F)OC(F)(F)C(F)(F)I)O1.O=S(=O)(F)C(F)(F)C(F)(F)OC(F)(F)C(F)(F)I. The summed E-state index contributed by atoms with van der Waals surface area (Å²) in [5.74, 6) is -4.04. The fourth-order valence-corrected chi connectivity index (χ4v) is 8.05. The van der Waals surface area contributed by atoms with Gasteiger partial charge < -0.3 is 52.5 Å². The van der Waals surface area contributed by atoms with Crippen molar-refractivity contribution >= 4 is 65.5 Å². The molecule has 0 amide bonds. The van der Waals surface area contributed by atoms with E-state index in [1.54, 1.807) is 18.6 Å². The lowest BCUT2D eigenvalue weighted by molar-refractivity contribution is -0.439. The number of aliphatic hydroxyl groups excluding tert-OH is 1. The van der Waals surface area contributed by atoms with E-state index in [2.05, 4.69) is 8.92 Å². The third kappa shape index (κ3) is 14.1. The number of ether oxygens (including phenoxy) is 12. The number of hydrogen-bond donors (Lipinski definition) is 1. The Balaban J connectivity index is 0.000000312. The van der Waals surface area contributed by atoms with Crippen LogP contribution in [0.4, 0.5) is 74.1 Å². The fraction of sp³-hybridized carbons (Fsp3) is 1.00. The van der Waals surface area contributed by atoms with Gasteiger partial charge in [-0.1, -0.05) is 11.3 Å². The molecule has 0 aromatic rings. The molecule has 428 valence electrons. The average molecular weight is 1370 g/mol. The Bertz CT molecular complexity index is 2130. The second-order valence-electron chi connectivity index (χ2n) is 17.1. The van der Waals surface area contributed by atoms with Crippen LogP contribution in [-0.4, -0.2) is 163 Å². The summed E-state index contributed by atoms with van der Waals surface area (Å²) in [5, 5.41) is -3.08. The van der Waals surface area contributed by atoms with E-state index in [0.717, 1.165) is 0 Å². The third-order valence-electron chi connectivity index (χ3n) is 9.58. The van der Waals surface area contributed by atoms with E-state index >= 15 is 0 Å². The van der Waals surface area contributed by atoms with Crippen molar-refractivity contribution < 1.29 is 157 Å². The van der Waals surface area contributed by atoms with Crippen LogP contribution in [0.3, 0.4) is 0 Å². The average Bonchev–Trinajstić information content (AvgIpc) is 3.95. The standard InChI is InChI=1S/C16H19F8IO9S.C12H20O6.C4F9IO3S.CH4/c1-11(2)28-5-6(30-11)7-8(9-10(29-7)32-12(3,4)31-9)33-35(26,27)16(23,24)15(21,22)34-14(19,20)13(17,18)25;1-11(2)14-5-6(16-11)8-7(13)9-10(15-8)18-12(3,4)17-9;5-1(6,14)2(7,8)17-3(9,10)4(11,12)18(13,15)16;/h6-10H,5H2,1-4H3;6-10,13H,5H2,1-4H3;;1H4/t6?,7-,8?,9+,10-;6?,7?,8-,9+,10-;;/m11../s1. The van der Waals surface area contributed by atoms with E-state index in [1.807, 2.05) is 13.8 Å². The van der Waals surface area contributed by atoms with E-state index in [4.69, 9.17) is 47.4 Å². The highest BCUT2D eigenvalue weighted by molar-refractivity contribution is 14.1. The van der Waals surface area contributed by atoms with Gasteiger partial charge in [0.25, 0.3) is 0 Å². The third-order valence-corrected chi connectivity index (χ3v) is 13.0. The molecule has 6 fully saturated rings. The van der Waals surface area contributed by atoms with Gasteiger partial charge in [0.15, 0.2) is 35.7 Å². The van der Waals surface area contributed by atoms with E-state index in [0.29, 0.717) is 6.61 Å². The maximum Gasteiger partial charge on any atom is 0.464 e. The van der Waals surface area contributed by atoms with Crippen molar-refractivity contribution in [3.8, 4) is 0 Å². The Morgan fingerprint density at radius 1 is 0.500 bits per heavy atom. The summed E-state index contributed by atoms with van der Waals surface area (Å²) in [4.78, 5) is 0. The van der Waals surface area contributed by atoms with E-state index in [-0.39, 0.29) is 42.7 Å². The molecule has 39 heteroatoms. The first-order valence-electron chi connectivity index (χ1n) is 19.2. The summed E-state index contributed by atoms with van der Waals surface area (Å²) in [5.41, 5.74) is 0. The minimum atomic E-state index is -7.37. The number of hydrogen-bond acceptors (Lipinski definition) is 18. The van der Waals surface area contributed by atoms with Gasteiger partial charge in [-0.15, -0.1) is 0 Å². The molecule has 6 heterocycles. The number of alkyl halides is 18. The molecule has 6 aliphatic rings. The zero-order chi connectivity index (χ0) is 55.4. The Morgan fingerprint density at radius 3 is 1.19 bits per heavy atom. The Hall–Kier alpha value is -0.390. The fourth-order valence-electron chi connectivity index (χ4n) is 6.54. The summed E-state index contributed by atoms with van der Waals surface area (Å²) in [6.45, 7) is 12.9. The molecule has 72 heavy (non-hydrogen) atoms. The minimum absolute atomic E-state index is 0. The molecule has 1 N–H and O–H groups in total. The number of aliphatic hydroxyl groups is 1. The second kappa shape index (κ2) is 20.7. The summed E-state index contributed by atoms with van der Waals surface area (Å²) in [6.07, 6.45) is -36.2. The summed E-state index contributed by atoms with van der Waals surface area (Å²) < 4.78 is 314. The van der Waals surface area contributed by atoms with Gasteiger partial charge in [-0.2, -0.15) is 87.1 Å². The van der Waals surface area contributed by atoms with Gasteiger partial charge in [0.05, 0.1) is 13.2 Å². The zero-order valence-electron chi connectivity index (χ0n) is 36.6. The number of fused-ring (bicyclic) bond motifs is 2. The molecule has 0 spiro atoms. The van der Waals surface area contributed by atoms with Gasteiger partial charge in [-0.25, -0.2) is 9.47 Å². The predicted molar refractivity (Wildman–Crippen MR) is 214 cm³/mol. The van der Waals surface area contributed by atoms with Gasteiger partial charge in [-0.3, -0.25) is 4.18 Å². The van der Waals surface area contributed by atoms with Crippen molar-refractivity contribution in [2.75, 3.05) is 13.2 Å². The normalized spacial score (nSPS) is 32.8. The molecular weight excluding hydrogens is 1330 g/mol. The van der Waals surface area contributed by atoms with Crippen LogP contribution in [0.25, 0.3) is 0 Å². The first-order valence-corrected chi connectivity index (χ1v) is 24.1. The maximum atomic E-state index is 14.3. The van der Waals surface area contributed by atoms with Crippen LogP contribution >= 0.6 is 45.2 Å². The van der Waals surface area contributed by atoms with Crippen molar-refractivity contribution in [1.82, 2.24) is 0 Å². The molecule has 10 atom stereocenters. The first kappa shape index (κ1) is 65.9. The Kier molecular flexibility index (Phi) is 18.9. The summed E-state index contributed by atoms with van der Waals surface area (Å²) in [6, 6.07) is 0. The van der Waals surface area contributed by atoms with E-state index in [9.17, 15) is 96.1 Å². The molecule has 0 bridgehead atoms. The molecule has 6 rings (SSSR count). The highest BCUT2D eigenvalue weighted by Crippen LogP contribution is 2.52. The molecule has 0 aliphatic carbocycles. The molecule has 0 aromatic carbocycles.